The first-order chi connectivity index (χ1) is 19.8. The van der Waals surface area contributed by atoms with Crippen LogP contribution in [-0.2, 0) is 27.5 Å². The average Bonchev–Trinajstić information content (AvgIpc) is 3.47. The van der Waals surface area contributed by atoms with Gasteiger partial charge < -0.3 is 19.1 Å². The molecule has 0 bridgehead atoms. The molecule has 4 aromatic carbocycles. The summed E-state index contributed by atoms with van der Waals surface area (Å²) in [7, 11) is 2.04. The summed E-state index contributed by atoms with van der Waals surface area (Å²) in [6, 6.07) is 39.5. The summed E-state index contributed by atoms with van der Waals surface area (Å²) in [5.41, 5.74) is 7.59. The molecule has 7 rings (SSSR count). The van der Waals surface area contributed by atoms with E-state index in [2.05, 4.69) is 113 Å². The molecule has 210 valence electrons. The second kappa shape index (κ2) is 11.0. The number of aromatic nitrogens is 2. The minimum absolute atomic E-state index is 0. The van der Waals surface area contributed by atoms with Crippen molar-refractivity contribution < 1.29 is 25.8 Å². The van der Waals surface area contributed by atoms with Crippen molar-refractivity contribution in [2.45, 2.75) is 27.2 Å². The molecule has 3 heterocycles. The first-order valence-electron chi connectivity index (χ1n) is 13.8. The summed E-state index contributed by atoms with van der Waals surface area (Å²) < 4.78 is 8.50. The van der Waals surface area contributed by atoms with Gasteiger partial charge in [0.15, 0.2) is 0 Å². The number of hydrogen-bond donors (Lipinski definition) is 0. The quantitative estimate of drug-likeness (QED) is 0.167. The van der Waals surface area contributed by atoms with E-state index in [0.29, 0.717) is 11.6 Å². The number of rotatable bonds is 5. The second-order valence-electron chi connectivity index (χ2n) is 11.7. The number of benzene rings is 4. The van der Waals surface area contributed by atoms with Crippen molar-refractivity contribution >= 4 is 38.9 Å². The van der Waals surface area contributed by atoms with Gasteiger partial charge in [-0.05, 0) is 48.7 Å². The van der Waals surface area contributed by atoms with Gasteiger partial charge in [-0.15, -0.1) is 23.6 Å². The number of ether oxygens (including phenoxy) is 1. The molecule has 5 nitrogen and oxygen atoms in total. The van der Waals surface area contributed by atoms with E-state index >= 15 is 0 Å². The monoisotopic (exact) mass is 729 g/mol. The number of pyridine rings is 1. The molecule has 2 aromatic heterocycles. The molecule has 1 aliphatic heterocycles. The van der Waals surface area contributed by atoms with E-state index in [-0.39, 0.29) is 26.5 Å². The molecule has 1 aliphatic rings. The van der Waals surface area contributed by atoms with Crippen LogP contribution in [0.4, 0.5) is 17.1 Å². The topological polar surface area (TPSA) is 33.5 Å². The molecule has 0 unspecified atom stereocenters. The average molecular weight is 730 g/mol. The summed E-state index contributed by atoms with van der Waals surface area (Å²) in [6.45, 7) is 8.83. The molecule has 0 aliphatic carbocycles. The van der Waals surface area contributed by atoms with Crippen molar-refractivity contribution in [2.24, 2.45) is 5.41 Å². The van der Waals surface area contributed by atoms with Gasteiger partial charge in [0.2, 0.25) is 0 Å². The zero-order chi connectivity index (χ0) is 28.1. The second-order valence-corrected chi connectivity index (χ2v) is 11.7. The number of para-hydroxylation sites is 3. The van der Waals surface area contributed by atoms with Gasteiger partial charge >= 0.3 is 21.1 Å². The van der Waals surface area contributed by atoms with Crippen LogP contribution in [0.3, 0.4) is 0 Å². The van der Waals surface area contributed by atoms with Gasteiger partial charge in [0, 0.05) is 22.6 Å². The van der Waals surface area contributed by atoms with Crippen molar-refractivity contribution in [1.29, 1.82) is 0 Å². The summed E-state index contributed by atoms with van der Waals surface area (Å²) >= 11 is 0. The molecule has 0 saturated heterocycles. The number of anilines is 3. The zero-order valence-corrected chi connectivity index (χ0v) is 26.2. The van der Waals surface area contributed by atoms with Gasteiger partial charge in [-0.1, -0.05) is 62.3 Å². The fourth-order valence-corrected chi connectivity index (χ4v) is 5.65. The van der Waals surface area contributed by atoms with Gasteiger partial charge in [0.05, 0.1) is 0 Å². The maximum Gasteiger partial charge on any atom is 4.00 e. The Kier molecular flexibility index (Phi) is 7.32. The van der Waals surface area contributed by atoms with Gasteiger partial charge in [-0.2, -0.15) is 54.3 Å². The molecule has 6 aromatic rings. The Balaban J connectivity index is 0.00000316. The van der Waals surface area contributed by atoms with Crippen LogP contribution in [0, 0.1) is 30.3 Å². The SMILES string of the molecule is CN1[CH-]N(c2[c-]c(Oc3[c-]c4c(cc3)c3ccccc3n4-c3[c-]ccc(CC(C)(C)C)c3)ncc2)c2ccccc21.[Pt+4]. The van der Waals surface area contributed by atoms with Crippen molar-refractivity contribution in [1.82, 2.24) is 9.55 Å². The largest absolute Gasteiger partial charge is 4.00 e. The van der Waals surface area contributed by atoms with E-state index < -0.39 is 0 Å². The Labute approximate surface area is 261 Å². The minimum atomic E-state index is 0. The van der Waals surface area contributed by atoms with E-state index in [1.54, 1.807) is 6.20 Å². The molecular weight excluding hydrogens is 700 g/mol. The molecule has 0 saturated carbocycles. The Morgan fingerprint density at radius 2 is 1.64 bits per heavy atom. The predicted octanol–water partition coefficient (Wildman–Crippen LogP) is 8.66. The van der Waals surface area contributed by atoms with E-state index in [0.717, 1.165) is 45.6 Å². The van der Waals surface area contributed by atoms with Crippen LogP contribution in [0.2, 0.25) is 0 Å². The van der Waals surface area contributed by atoms with E-state index in [1.165, 1.54) is 10.9 Å². The van der Waals surface area contributed by atoms with E-state index in [4.69, 9.17) is 4.74 Å². The van der Waals surface area contributed by atoms with Crippen molar-refractivity contribution in [3.8, 4) is 17.3 Å². The van der Waals surface area contributed by atoms with Crippen LogP contribution in [0.25, 0.3) is 27.5 Å². The van der Waals surface area contributed by atoms with Crippen molar-refractivity contribution in [3.63, 3.8) is 0 Å². The molecular formula is C36H30N4OPt. The normalized spacial score (nSPS) is 13.0. The molecule has 42 heavy (non-hydrogen) atoms. The Hall–Kier alpha value is -4.08. The smallest absolute Gasteiger partial charge is 0.504 e. The third-order valence-corrected chi connectivity index (χ3v) is 7.32. The van der Waals surface area contributed by atoms with Crippen molar-refractivity contribution in [3.05, 3.63) is 122 Å². The molecule has 0 radical (unpaired) electrons. The summed E-state index contributed by atoms with van der Waals surface area (Å²) in [5.74, 6) is 0.969. The fourth-order valence-electron chi connectivity index (χ4n) is 5.65. The molecule has 0 spiro atoms. The van der Waals surface area contributed by atoms with Gasteiger partial charge in [0.25, 0.3) is 0 Å². The van der Waals surface area contributed by atoms with Crippen LogP contribution in [-0.4, -0.2) is 16.6 Å². The van der Waals surface area contributed by atoms with Gasteiger partial charge in [0.1, 0.15) is 5.88 Å². The van der Waals surface area contributed by atoms with E-state index in [1.807, 2.05) is 44.0 Å². The first kappa shape index (κ1) is 28.1. The first-order valence-corrected chi connectivity index (χ1v) is 13.8. The van der Waals surface area contributed by atoms with Gasteiger partial charge in [-0.3, -0.25) is 4.98 Å². The molecule has 0 amide bonds. The molecule has 0 fully saturated rings. The van der Waals surface area contributed by atoms with Crippen LogP contribution < -0.4 is 14.5 Å². The minimum Gasteiger partial charge on any atom is -0.504 e. The van der Waals surface area contributed by atoms with E-state index in [9.17, 15) is 0 Å². The summed E-state index contributed by atoms with van der Waals surface area (Å²) in [4.78, 5) is 8.65. The third-order valence-electron chi connectivity index (χ3n) is 7.32. The maximum atomic E-state index is 6.28. The number of nitrogens with zero attached hydrogens (tertiary/aromatic N) is 4. The summed E-state index contributed by atoms with van der Waals surface area (Å²) in [6.07, 6.45) is 2.73. The van der Waals surface area contributed by atoms with Gasteiger partial charge in [-0.25, -0.2) is 0 Å². The Morgan fingerprint density at radius 1 is 0.857 bits per heavy atom. The maximum absolute atomic E-state index is 6.28. The molecule has 0 atom stereocenters. The molecule has 6 heteroatoms. The third kappa shape index (κ3) is 5.18. The van der Waals surface area contributed by atoms with Crippen LogP contribution in [0.5, 0.6) is 11.6 Å². The predicted molar refractivity (Wildman–Crippen MR) is 166 cm³/mol. The summed E-state index contributed by atoms with van der Waals surface area (Å²) in [5, 5.41) is 2.28. The Bertz CT molecular complexity index is 1900. The number of hydrogen-bond acceptors (Lipinski definition) is 4. The fraction of sp³-hybridized carbons (Fsp3) is 0.167. The van der Waals surface area contributed by atoms with Crippen LogP contribution in [0.15, 0.2) is 91.1 Å². The number of fused-ring (bicyclic) bond motifs is 4. The molecule has 0 N–H and O–H groups in total. The van der Waals surface area contributed by atoms with Crippen LogP contribution in [0.1, 0.15) is 26.3 Å². The van der Waals surface area contributed by atoms with Crippen molar-refractivity contribution in [2.75, 3.05) is 16.8 Å². The Morgan fingerprint density at radius 3 is 2.48 bits per heavy atom. The standard InChI is InChI=1S/C36H30N4O.Pt/c1-36(2,3)23-25-10-9-11-27(20-25)40-31-13-6-5-12-29(31)30-17-16-28(22-34(30)40)41-35-21-26(18-19-37-35)39-24-38(4)32-14-7-8-15-33(32)39;/h5-10,12-20,24H,23H2,1-4H3;/q-4;+4. The zero-order valence-electron chi connectivity index (χ0n) is 24.0. The van der Waals surface area contributed by atoms with Crippen LogP contribution >= 0.6 is 0 Å².